The quantitative estimate of drug-likeness (QED) is 0.845. The lowest BCUT2D eigenvalue weighted by Crippen LogP contribution is -2.44. The van der Waals surface area contributed by atoms with Gasteiger partial charge in [0.25, 0.3) is 5.91 Å². The average Bonchev–Trinajstić information content (AvgIpc) is 2.93. The Morgan fingerprint density at radius 3 is 2.94 bits per heavy atom. The molecule has 1 fully saturated rings. The van der Waals surface area contributed by atoms with Crippen molar-refractivity contribution in [3.8, 4) is 0 Å². The number of β-amino-alcohol motifs (C(OH)–C–C–N with tert-alkyl or cyclic N) is 1. The number of hydrogen-bond donors (Lipinski definition) is 2. The van der Waals surface area contributed by atoms with E-state index in [9.17, 15) is 9.90 Å². The lowest BCUT2D eigenvalue weighted by atomic mass is 10.2. The molecule has 2 heterocycles. The number of rotatable bonds is 3. The van der Waals surface area contributed by atoms with Crippen LogP contribution in [0.1, 0.15) is 17.4 Å². The standard InChI is InChI=1S/C12H18ClN3O2/c1-3-16-7-8(13)4-9(16)12(18)15(2)10-5-14-6-11(10)17/h4,7,10-11,14,17H,3,5-6H2,1-2H3/t10-,11-/m1/s1. The molecule has 1 aliphatic heterocycles. The highest BCUT2D eigenvalue weighted by atomic mass is 35.5. The van der Waals surface area contributed by atoms with Gasteiger partial charge in [0, 0.05) is 32.9 Å². The maximum atomic E-state index is 12.4. The molecule has 0 saturated carbocycles. The average molecular weight is 272 g/mol. The Kier molecular flexibility index (Phi) is 3.94. The fraction of sp³-hybridized carbons (Fsp3) is 0.583. The number of carbonyl (C=O) groups excluding carboxylic acids is 1. The molecule has 100 valence electrons. The number of amides is 1. The van der Waals surface area contributed by atoms with E-state index in [0.29, 0.717) is 30.4 Å². The van der Waals surface area contributed by atoms with Gasteiger partial charge in [0.05, 0.1) is 17.2 Å². The maximum absolute atomic E-state index is 12.4. The van der Waals surface area contributed by atoms with Gasteiger partial charge < -0.3 is 19.9 Å². The summed E-state index contributed by atoms with van der Waals surface area (Å²) in [6, 6.07) is 1.48. The summed E-state index contributed by atoms with van der Waals surface area (Å²) >= 11 is 5.93. The summed E-state index contributed by atoms with van der Waals surface area (Å²) < 4.78 is 1.82. The van der Waals surface area contributed by atoms with E-state index in [1.165, 1.54) is 0 Å². The normalized spacial score (nSPS) is 23.3. The molecule has 0 radical (unpaired) electrons. The van der Waals surface area contributed by atoms with Crippen molar-refractivity contribution in [1.82, 2.24) is 14.8 Å². The number of halogens is 1. The summed E-state index contributed by atoms with van der Waals surface area (Å²) in [5.41, 5.74) is 0.559. The lowest BCUT2D eigenvalue weighted by Gasteiger charge is -2.26. The number of likely N-dealkylation sites (N-methyl/N-ethyl adjacent to an activating group) is 1. The van der Waals surface area contributed by atoms with Gasteiger partial charge in [0.1, 0.15) is 5.69 Å². The maximum Gasteiger partial charge on any atom is 0.270 e. The van der Waals surface area contributed by atoms with Crippen molar-refractivity contribution >= 4 is 17.5 Å². The van der Waals surface area contributed by atoms with Gasteiger partial charge in [-0.2, -0.15) is 0 Å². The summed E-state index contributed by atoms with van der Waals surface area (Å²) in [6.45, 7) is 3.79. The van der Waals surface area contributed by atoms with Crippen molar-refractivity contribution in [2.75, 3.05) is 20.1 Å². The third kappa shape index (κ3) is 2.39. The Morgan fingerprint density at radius 2 is 2.39 bits per heavy atom. The van der Waals surface area contributed by atoms with Crippen LogP contribution in [0.4, 0.5) is 0 Å². The van der Waals surface area contributed by atoms with Crippen LogP contribution in [0.5, 0.6) is 0 Å². The number of aryl methyl sites for hydroxylation is 1. The van der Waals surface area contributed by atoms with Crippen molar-refractivity contribution in [3.63, 3.8) is 0 Å². The number of hydrogen-bond acceptors (Lipinski definition) is 3. The van der Waals surface area contributed by atoms with Crippen LogP contribution in [0.15, 0.2) is 12.3 Å². The lowest BCUT2D eigenvalue weighted by molar-refractivity contribution is 0.0571. The number of aromatic nitrogens is 1. The first kappa shape index (κ1) is 13.4. The molecule has 2 atom stereocenters. The summed E-state index contributed by atoms with van der Waals surface area (Å²) in [6.07, 6.45) is 1.23. The van der Waals surface area contributed by atoms with Crippen LogP contribution < -0.4 is 5.32 Å². The fourth-order valence-electron chi connectivity index (χ4n) is 2.29. The van der Waals surface area contributed by atoms with Crippen molar-refractivity contribution in [1.29, 1.82) is 0 Å². The molecule has 5 nitrogen and oxygen atoms in total. The molecule has 1 aromatic rings. The molecular formula is C12H18ClN3O2. The molecule has 1 saturated heterocycles. The minimum absolute atomic E-state index is 0.114. The van der Waals surface area contributed by atoms with Crippen molar-refractivity contribution < 1.29 is 9.90 Å². The Labute approximate surface area is 111 Å². The van der Waals surface area contributed by atoms with E-state index in [4.69, 9.17) is 11.6 Å². The number of aliphatic hydroxyl groups excluding tert-OH is 1. The van der Waals surface area contributed by atoms with Crippen LogP contribution in [0.25, 0.3) is 0 Å². The third-order valence-electron chi connectivity index (χ3n) is 3.39. The van der Waals surface area contributed by atoms with Gasteiger partial charge in [-0.15, -0.1) is 0 Å². The predicted octanol–water partition coefficient (Wildman–Crippen LogP) is 0.566. The minimum Gasteiger partial charge on any atom is -0.390 e. The largest absolute Gasteiger partial charge is 0.390 e. The van der Waals surface area contributed by atoms with Crippen LogP contribution in [0.2, 0.25) is 5.02 Å². The molecule has 18 heavy (non-hydrogen) atoms. The van der Waals surface area contributed by atoms with Gasteiger partial charge in [0.15, 0.2) is 0 Å². The van der Waals surface area contributed by atoms with E-state index < -0.39 is 6.10 Å². The van der Waals surface area contributed by atoms with Gasteiger partial charge in [-0.1, -0.05) is 11.6 Å². The van der Waals surface area contributed by atoms with Crippen LogP contribution in [-0.2, 0) is 6.54 Å². The number of nitrogens with one attached hydrogen (secondary N) is 1. The van der Waals surface area contributed by atoms with Gasteiger partial charge in [-0.05, 0) is 13.0 Å². The molecule has 1 amide bonds. The molecule has 0 aliphatic carbocycles. The Bertz CT molecular complexity index is 447. The number of carbonyl (C=O) groups is 1. The second-order valence-electron chi connectivity index (χ2n) is 4.54. The third-order valence-corrected chi connectivity index (χ3v) is 3.60. The highest BCUT2D eigenvalue weighted by Crippen LogP contribution is 2.18. The highest BCUT2D eigenvalue weighted by Gasteiger charge is 2.32. The van der Waals surface area contributed by atoms with Crippen LogP contribution in [-0.4, -0.2) is 52.8 Å². The van der Waals surface area contributed by atoms with E-state index in [0.717, 1.165) is 0 Å². The van der Waals surface area contributed by atoms with Gasteiger partial charge in [-0.25, -0.2) is 0 Å². The molecule has 0 bridgehead atoms. The molecule has 2 N–H and O–H groups in total. The summed E-state index contributed by atoms with van der Waals surface area (Å²) in [5.74, 6) is -0.114. The van der Waals surface area contributed by atoms with E-state index in [-0.39, 0.29) is 11.9 Å². The zero-order valence-electron chi connectivity index (χ0n) is 10.6. The summed E-state index contributed by atoms with van der Waals surface area (Å²) in [5, 5.41) is 13.4. The van der Waals surface area contributed by atoms with E-state index in [2.05, 4.69) is 5.32 Å². The highest BCUT2D eigenvalue weighted by molar-refractivity contribution is 6.31. The molecule has 0 unspecified atom stereocenters. The molecule has 1 aromatic heterocycles. The van der Waals surface area contributed by atoms with Crippen LogP contribution in [0.3, 0.4) is 0 Å². The minimum atomic E-state index is -0.514. The first-order valence-electron chi connectivity index (χ1n) is 6.06. The molecule has 2 rings (SSSR count). The molecule has 0 aromatic carbocycles. The Morgan fingerprint density at radius 1 is 1.67 bits per heavy atom. The van der Waals surface area contributed by atoms with Crippen molar-refractivity contribution in [2.45, 2.75) is 25.6 Å². The molecular weight excluding hydrogens is 254 g/mol. The van der Waals surface area contributed by atoms with Crippen molar-refractivity contribution in [3.05, 3.63) is 23.0 Å². The predicted molar refractivity (Wildman–Crippen MR) is 69.9 cm³/mol. The molecule has 1 aliphatic rings. The number of aliphatic hydroxyl groups is 1. The SMILES string of the molecule is CCn1cc(Cl)cc1C(=O)N(C)[C@@H]1CNC[C@H]1O. The molecule has 6 heteroatoms. The second-order valence-corrected chi connectivity index (χ2v) is 4.98. The Balaban J connectivity index is 2.19. The van der Waals surface area contributed by atoms with E-state index in [1.807, 2.05) is 11.5 Å². The van der Waals surface area contributed by atoms with Crippen LogP contribution in [0, 0.1) is 0 Å². The molecule has 0 spiro atoms. The first-order chi connectivity index (χ1) is 8.54. The summed E-state index contributed by atoms with van der Waals surface area (Å²) in [7, 11) is 1.71. The zero-order valence-corrected chi connectivity index (χ0v) is 11.3. The van der Waals surface area contributed by atoms with Crippen molar-refractivity contribution in [2.24, 2.45) is 0 Å². The Hall–Kier alpha value is -1.04. The topological polar surface area (TPSA) is 57.5 Å². The number of nitrogens with zero attached hydrogens (tertiary/aromatic N) is 2. The summed E-state index contributed by atoms with van der Waals surface area (Å²) in [4.78, 5) is 14.0. The van der Waals surface area contributed by atoms with E-state index >= 15 is 0 Å². The van der Waals surface area contributed by atoms with Gasteiger partial charge in [0.2, 0.25) is 0 Å². The first-order valence-corrected chi connectivity index (χ1v) is 6.44. The van der Waals surface area contributed by atoms with Crippen LogP contribution >= 0.6 is 11.6 Å². The second kappa shape index (κ2) is 5.30. The smallest absolute Gasteiger partial charge is 0.270 e. The van der Waals surface area contributed by atoms with Gasteiger partial charge in [-0.3, -0.25) is 4.79 Å². The monoisotopic (exact) mass is 271 g/mol. The van der Waals surface area contributed by atoms with E-state index in [1.54, 1.807) is 24.2 Å². The van der Waals surface area contributed by atoms with Gasteiger partial charge >= 0.3 is 0 Å². The zero-order chi connectivity index (χ0) is 13.3. The fourth-order valence-corrected chi connectivity index (χ4v) is 2.51.